The smallest absolute Gasteiger partial charge is 0.142 e. The van der Waals surface area contributed by atoms with Crippen molar-refractivity contribution in [3.63, 3.8) is 0 Å². The molecule has 34 heavy (non-hydrogen) atoms. The Bertz CT molecular complexity index is 1440. The summed E-state index contributed by atoms with van der Waals surface area (Å²) in [5.41, 5.74) is 4.84. The normalized spacial score (nSPS) is 15.6. The molecule has 1 aliphatic rings. The summed E-state index contributed by atoms with van der Waals surface area (Å²) in [6.07, 6.45) is 8.36. The van der Waals surface area contributed by atoms with Crippen molar-refractivity contribution in [2.24, 2.45) is 5.92 Å². The maximum atomic E-state index is 4.65. The van der Waals surface area contributed by atoms with E-state index in [9.17, 15) is 0 Å². The van der Waals surface area contributed by atoms with Crippen LogP contribution >= 0.6 is 11.3 Å². The lowest BCUT2D eigenvalue weighted by atomic mass is 9.86. The number of nitrogens with zero attached hydrogens (tertiary/aromatic N) is 4. The molecule has 0 fully saturated rings. The van der Waals surface area contributed by atoms with Gasteiger partial charge in [-0.1, -0.05) is 30.3 Å². The number of fused-ring (bicyclic) bond motifs is 4. The highest BCUT2D eigenvalue weighted by Crippen LogP contribution is 2.41. The van der Waals surface area contributed by atoms with E-state index < -0.39 is 0 Å². The van der Waals surface area contributed by atoms with Gasteiger partial charge in [0.05, 0.1) is 23.6 Å². The predicted molar refractivity (Wildman–Crippen MR) is 140 cm³/mol. The van der Waals surface area contributed by atoms with E-state index in [1.165, 1.54) is 34.2 Å². The standard InChI is InChI=1S/C27H28N6S/c1-28-12-11-18-7-9-22-24(13-18)34-27-25(22)26(29-17-30-27)32-21-8-10-23-20(14-21)15-31-33(23)16-19-5-3-2-4-6-19/h2-6,8,10,14-15,17-18,28H,7,9,11-13,16H2,1H3,(H,29,30,32). The van der Waals surface area contributed by atoms with Crippen LogP contribution in [0.4, 0.5) is 11.5 Å². The molecule has 1 atom stereocenters. The zero-order chi connectivity index (χ0) is 22.9. The Morgan fingerprint density at radius 1 is 1.12 bits per heavy atom. The van der Waals surface area contributed by atoms with Gasteiger partial charge in [0.2, 0.25) is 0 Å². The number of anilines is 2. The summed E-state index contributed by atoms with van der Waals surface area (Å²) in [6, 6.07) is 16.9. The number of hydrogen-bond acceptors (Lipinski definition) is 6. The second-order valence-corrected chi connectivity index (χ2v) is 10.2. The topological polar surface area (TPSA) is 67.7 Å². The van der Waals surface area contributed by atoms with Crippen LogP contribution in [0.15, 0.2) is 61.1 Å². The first-order chi connectivity index (χ1) is 16.8. The van der Waals surface area contributed by atoms with Crippen LogP contribution in [-0.4, -0.2) is 33.3 Å². The van der Waals surface area contributed by atoms with E-state index in [4.69, 9.17) is 0 Å². The second kappa shape index (κ2) is 9.16. The lowest BCUT2D eigenvalue weighted by molar-refractivity contribution is 0.426. The minimum absolute atomic E-state index is 0.757. The zero-order valence-electron chi connectivity index (χ0n) is 19.3. The number of benzene rings is 2. The molecule has 1 unspecified atom stereocenters. The van der Waals surface area contributed by atoms with Crippen LogP contribution in [0.3, 0.4) is 0 Å². The molecular weight excluding hydrogens is 440 g/mol. The van der Waals surface area contributed by atoms with Crippen molar-refractivity contribution in [2.75, 3.05) is 18.9 Å². The molecular formula is C27H28N6S. The third-order valence-corrected chi connectivity index (χ3v) is 7.99. The lowest BCUT2D eigenvalue weighted by Crippen LogP contribution is -2.18. The summed E-state index contributed by atoms with van der Waals surface area (Å²) in [5, 5.41) is 13.8. The summed E-state index contributed by atoms with van der Waals surface area (Å²) in [6.45, 7) is 1.85. The molecule has 6 rings (SSSR count). The SMILES string of the molecule is CNCCC1CCc2c(sc3ncnc(Nc4ccc5c(cnn5Cc5ccccc5)c4)c23)C1. The van der Waals surface area contributed by atoms with Gasteiger partial charge in [0.25, 0.3) is 0 Å². The largest absolute Gasteiger partial charge is 0.340 e. The number of aryl methyl sites for hydroxylation is 1. The number of thiophene rings is 1. The number of rotatable bonds is 7. The molecule has 7 heteroatoms. The molecule has 172 valence electrons. The van der Waals surface area contributed by atoms with Crippen LogP contribution in [0.5, 0.6) is 0 Å². The van der Waals surface area contributed by atoms with Gasteiger partial charge in [0.15, 0.2) is 0 Å². The van der Waals surface area contributed by atoms with E-state index in [2.05, 4.69) is 72.8 Å². The van der Waals surface area contributed by atoms with Gasteiger partial charge in [-0.2, -0.15) is 5.10 Å². The molecule has 5 aromatic rings. The molecule has 2 aromatic carbocycles. The molecule has 1 aliphatic carbocycles. The predicted octanol–water partition coefficient (Wildman–Crippen LogP) is 5.55. The maximum absolute atomic E-state index is 4.65. The van der Waals surface area contributed by atoms with Crippen LogP contribution in [0.2, 0.25) is 0 Å². The van der Waals surface area contributed by atoms with E-state index >= 15 is 0 Å². The van der Waals surface area contributed by atoms with Gasteiger partial charge in [0, 0.05) is 16.0 Å². The number of hydrogen-bond donors (Lipinski definition) is 2. The van der Waals surface area contributed by atoms with Crippen molar-refractivity contribution in [2.45, 2.75) is 32.2 Å². The third-order valence-electron chi connectivity index (χ3n) is 6.83. The average Bonchev–Trinajstić information content (AvgIpc) is 3.44. The molecule has 0 saturated carbocycles. The Hall–Kier alpha value is -3.29. The Balaban J connectivity index is 1.27. The lowest BCUT2D eigenvalue weighted by Gasteiger charge is -2.22. The van der Waals surface area contributed by atoms with Gasteiger partial charge in [-0.25, -0.2) is 9.97 Å². The molecule has 0 saturated heterocycles. The van der Waals surface area contributed by atoms with E-state index in [1.54, 1.807) is 6.33 Å². The molecule has 6 nitrogen and oxygen atoms in total. The minimum Gasteiger partial charge on any atom is -0.340 e. The van der Waals surface area contributed by atoms with Crippen molar-refractivity contribution in [3.05, 3.63) is 77.1 Å². The summed E-state index contributed by atoms with van der Waals surface area (Å²) in [5.74, 6) is 1.67. The maximum Gasteiger partial charge on any atom is 0.142 e. The molecule has 0 amide bonds. The molecule has 3 aromatic heterocycles. The van der Waals surface area contributed by atoms with Crippen LogP contribution in [0.1, 0.15) is 28.8 Å². The highest BCUT2D eigenvalue weighted by Gasteiger charge is 2.25. The van der Waals surface area contributed by atoms with Crippen molar-refractivity contribution < 1.29 is 0 Å². The quantitative estimate of drug-likeness (QED) is 0.328. The van der Waals surface area contributed by atoms with Gasteiger partial charge in [0.1, 0.15) is 17.0 Å². The van der Waals surface area contributed by atoms with E-state index in [0.717, 1.165) is 59.1 Å². The summed E-state index contributed by atoms with van der Waals surface area (Å²) < 4.78 is 2.05. The fraction of sp³-hybridized carbons (Fsp3) is 0.296. The van der Waals surface area contributed by atoms with Gasteiger partial charge < -0.3 is 10.6 Å². The average molecular weight is 469 g/mol. The van der Waals surface area contributed by atoms with E-state index in [1.807, 2.05) is 30.6 Å². The van der Waals surface area contributed by atoms with E-state index in [-0.39, 0.29) is 0 Å². The molecule has 3 heterocycles. The fourth-order valence-electron chi connectivity index (χ4n) is 5.05. The molecule has 0 radical (unpaired) electrons. The van der Waals surface area contributed by atoms with E-state index in [0.29, 0.717) is 0 Å². The first kappa shape index (κ1) is 21.3. The van der Waals surface area contributed by atoms with Crippen molar-refractivity contribution in [1.29, 1.82) is 0 Å². The Labute approximate surface area is 203 Å². The first-order valence-corrected chi connectivity index (χ1v) is 12.8. The van der Waals surface area contributed by atoms with Crippen molar-refractivity contribution in [3.8, 4) is 0 Å². The van der Waals surface area contributed by atoms with Crippen molar-refractivity contribution in [1.82, 2.24) is 25.1 Å². The Kier molecular flexibility index (Phi) is 5.73. The molecule has 2 N–H and O–H groups in total. The monoisotopic (exact) mass is 468 g/mol. The molecule has 0 aliphatic heterocycles. The number of nitrogens with one attached hydrogen (secondary N) is 2. The van der Waals surface area contributed by atoms with Crippen LogP contribution in [-0.2, 0) is 19.4 Å². The van der Waals surface area contributed by atoms with Crippen LogP contribution in [0, 0.1) is 5.92 Å². The Morgan fingerprint density at radius 2 is 2.03 bits per heavy atom. The van der Waals surface area contributed by atoms with Gasteiger partial charge in [-0.05, 0) is 74.5 Å². The van der Waals surface area contributed by atoms with Gasteiger partial charge in [-0.15, -0.1) is 11.3 Å². The highest BCUT2D eigenvalue weighted by atomic mass is 32.1. The second-order valence-electron chi connectivity index (χ2n) is 9.09. The highest BCUT2D eigenvalue weighted by molar-refractivity contribution is 7.19. The van der Waals surface area contributed by atoms with Crippen LogP contribution < -0.4 is 10.6 Å². The minimum atomic E-state index is 0.757. The van der Waals surface area contributed by atoms with Crippen molar-refractivity contribution >= 4 is 44.0 Å². The fourth-order valence-corrected chi connectivity index (χ4v) is 6.35. The van der Waals surface area contributed by atoms with Gasteiger partial charge in [-0.3, -0.25) is 4.68 Å². The Morgan fingerprint density at radius 3 is 2.91 bits per heavy atom. The zero-order valence-corrected chi connectivity index (χ0v) is 20.1. The number of aromatic nitrogens is 4. The molecule has 0 bridgehead atoms. The van der Waals surface area contributed by atoms with Gasteiger partial charge >= 0.3 is 0 Å². The molecule has 0 spiro atoms. The third kappa shape index (κ3) is 4.06. The summed E-state index contributed by atoms with van der Waals surface area (Å²) in [4.78, 5) is 11.8. The summed E-state index contributed by atoms with van der Waals surface area (Å²) >= 11 is 1.84. The summed E-state index contributed by atoms with van der Waals surface area (Å²) in [7, 11) is 2.03. The first-order valence-electron chi connectivity index (χ1n) is 11.9. The van der Waals surface area contributed by atoms with Crippen LogP contribution in [0.25, 0.3) is 21.1 Å².